The molecule has 1 fully saturated rings. The lowest BCUT2D eigenvalue weighted by Crippen LogP contribution is -2.48. The van der Waals surface area contributed by atoms with Crippen molar-refractivity contribution in [3.8, 4) is 0 Å². The number of halogens is 3. The largest absolute Gasteiger partial charge is 0.466 e. The first-order chi connectivity index (χ1) is 13.1. The zero-order valence-corrected chi connectivity index (χ0v) is 15.4. The van der Waals surface area contributed by atoms with Crippen LogP contribution in [0.15, 0.2) is 24.3 Å². The third-order valence-corrected chi connectivity index (χ3v) is 4.82. The minimum Gasteiger partial charge on any atom is -0.466 e. The van der Waals surface area contributed by atoms with Gasteiger partial charge < -0.3 is 14.7 Å². The van der Waals surface area contributed by atoms with E-state index in [0.29, 0.717) is 0 Å². The Morgan fingerprint density at radius 3 is 2.54 bits per heavy atom. The van der Waals surface area contributed by atoms with Gasteiger partial charge in [0.05, 0.1) is 12.2 Å². The SMILES string of the molecule is CCOC(=O)CC(=O)C1CCN(C(=O)O)C(Cc2ccccc2C(F)(F)F)C1. The standard InChI is InChI=1S/C19H22F3NO5/c1-2-28-17(25)11-16(24)13-7-8-23(18(26)27)14(10-13)9-12-5-3-4-6-15(12)19(20,21)22/h3-6,13-14H,2,7-11H2,1H3,(H,26,27). The number of hydrogen-bond donors (Lipinski definition) is 1. The fourth-order valence-electron chi connectivity index (χ4n) is 3.52. The van der Waals surface area contributed by atoms with Gasteiger partial charge in [0.15, 0.2) is 0 Å². The van der Waals surface area contributed by atoms with Gasteiger partial charge >= 0.3 is 18.2 Å². The van der Waals surface area contributed by atoms with E-state index in [2.05, 4.69) is 0 Å². The van der Waals surface area contributed by atoms with E-state index in [-0.39, 0.29) is 43.8 Å². The van der Waals surface area contributed by atoms with Crippen LogP contribution in [0.2, 0.25) is 0 Å². The van der Waals surface area contributed by atoms with Crippen LogP contribution in [0, 0.1) is 5.92 Å². The van der Waals surface area contributed by atoms with Crippen molar-refractivity contribution in [1.82, 2.24) is 4.90 Å². The summed E-state index contributed by atoms with van der Waals surface area (Å²) in [5, 5.41) is 9.40. The van der Waals surface area contributed by atoms with Gasteiger partial charge in [-0.3, -0.25) is 9.59 Å². The number of ether oxygens (including phenoxy) is 1. The second-order valence-corrected chi connectivity index (χ2v) is 6.66. The highest BCUT2D eigenvalue weighted by Gasteiger charge is 2.38. The second-order valence-electron chi connectivity index (χ2n) is 6.66. The summed E-state index contributed by atoms with van der Waals surface area (Å²) in [5.74, 6) is -1.63. The molecule has 1 saturated heterocycles. The van der Waals surface area contributed by atoms with Crippen LogP contribution in [0.5, 0.6) is 0 Å². The highest BCUT2D eigenvalue weighted by molar-refractivity contribution is 5.96. The zero-order chi connectivity index (χ0) is 20.9. The number of alkyl halides is 3. The highest BCUT2D eigenvalue weighted by atomic mass is 19.4. The minimum atomic E-state index is -4.56. The summed E-state index contributed by atoms with van der Waals surface area (Å²) in [7, 11) is 0. The molecule has 0 saturated carbocycles. The van der Waals surface area contributed by atoms with Gasteiger partial charge in [-0.05, 0) is 37.8 Å². The fraction of sp³-hybridized carbons (Fsp3) is 0.526. The number of ketones is 1. The van der Waals surface area contributed by atoms with Crippen LogP contribution in [0.4, 0.5) is 18.0 Å². The molecule has 1 aromatic rings. The van der Waals surface area contributed by atoms with Crippen LogP contribution in [-0.4, -0.2) is 47.0 Å². The molecule has 0 aliphatic carbocycles. The number of hydrogen-bond acceptors (Lipinski definition) is 4. The van der Waals surface area contributed by atoms with E-state index in [1.165, 1.54) is 18.2 Å². The topological polar surface area (TPSA) is 83.9 Å². The molecule has 9 heteroatoms. The Morgan fingerprint density at radius 2 is 1.93 bits per heavy atom. The van der Waals surface area contributed by atoms with Crippen molar-refractivity contribution >= 4 is 17.8 Å². The van der Waals surface area contributed by atoms with Gasteiger partial charge in [0, 0.05) is 18.5 Å². The number of rotatable bonds is 6. The van der Waals surface area contributed by atoms with Crippen molar-refractivity contribution in [3.05, 3.63) is 35.4 Å². The van der Waals surface area contributed by atoms with Gasteiger partial charge in [-0.2, -0.15) is 13.2 Å². The summed E-state index contributed by atoms with van der Waals surface area (Å²) < 4.78 is 44.5. The minimum absolute atomic E-state index is 0.0212. The Kier molecular flexibility index (Phi) is 7.04. The normalized spacial score (nSPS) is 19.9. The summed E-state index contributed by atoms with van der Waals surface area (Å²) in [4.78, 5) is 36.5. The van der Waals surface area contributed by atoms with Crippen molar-refractivity contribution in [2.45, 2.75) is 44.8 Å². The second kappa shape index (κ2) is 9.07. The van der Waals surface area contributed by atoms with Crippen molar-refractivity contribution in [2.24, 2.45) is 5.92 Å². The van der Waals surface area contributed by atoms with Gasteiger partial charge in [-0.1, -0.05) is 18.2 Å². The molecule has 28 heavy (non-hydrogen) atoms. The third-order valence-electron chi connectivity index (χ3n) is 4.82. The van der Waals surface area contributed by atoms with E-state index in [1.54, 1.807) is 6.92 Å². The quantitative estimate of drug-likeness (QED) is 0.582. The van der Waals surface area contributed by atoms with E-state index in [9.17, 15) is 32.7 Å². The average Bonchev–Trinajstić information content (AvgIpc) is 2.61. The molecule has 0 bridgehead atoms. The van der Waals surface area contributed by atoms with Gasteiger partial charge in [-0.15, -0.1) is 0 Å². The van der Waals surface area contributed by atoms with Crippen LogP contribution in [0.3, 0.4) is 0 Å². The molecule has 2 atom stereocenters. The molecule has 2 rings (SSSR count). The molecule has 1 heterocycles. The van der Waals surface area contributed by atoms with Crippen LogP contribution in [0.25, 0.3) is 0 Å². The Labute approximate surface area is 160 Å². The van der Waals surface area contributed by atoms with Gasteiger partial charge in [0.25, 0.3) is 0 Å². The molecule has 1 amide bonds. The number of carbonyl (C=O) groups is 3. The molecule has 154 valence electrons. The van der Waals surface area contributed by atoms with Crippen molar-refractivity contribution in [2.75, 3.05) is 13.2 Å². The highest BCUT2D eigenvalue weighted by Crippen LogP contribution is 2.34. The lowest BCUT2D eigenvalue weighted by atomic mass is 9.83. The summed E-state index contributed by atoms with van der Waals surface area (Å²) in [6, 6.07) is 4.21. The maximum Gasteiger partial charge on any atom is 0.416 e. The number of carboxylic acid groups (broad SMARTS) is 1. The summed E-state index contributed by atoms with van der Waals surface area (Å²) in [6.45, 7) is 1.77. The van der Waals surface area contributed by atoms with E-state index >= 15 is 0 Å². The Hall–Kier alpha value is -2.58. The van der Waals surface area contributed by atoms with Crippen LogP contribution >= 0.6 is 0 Å². The Bertz CT molecular complexity index is 735. The third kappa shape index (κ3) is 5.46. The maximum atomic E-state index is 13.2. The zero-order valence-electron chi connectivity index (χ0n) is 15.4. The number of Topliss-reactive ketones (excluding diaryl/α,β-unsaturated/α-hetero) is 1. The molecule has 6 nitrogen and oxygen atoms in total. The predicted molar refractivity (Wildman–Crippen MR) is 92.6 cm³/mol. The lowest BCUT2D eigenvalue weighted by Gasteiger charge is -2.37. The monoisotopic (exact) mass is 401 g/mol. The first kappa shape index (κ1) is 21.7. The number of piperidine rings is 1. The predicted octanol–water partition coefficient (Wildman–Crippen LogP) is 3.53. The smallest absolute Gasteiger partial charge is 0.416 e. The summed E-state index contributed by atoms with van der Waals surface area (Å²) in [6.07, 6.45) is -6.09. The van der Waals surface area contributed by atoms with Gasteiger partial charge in [0.1, 0.15) is 12.2 Å². The molecule has 1 aliphatic heterocycles. The number of likely N-dealkylation sites (tertiary alicyclic amines) is 1. The van der Waals surface area contributed by atoms with Crippen molar-refractivity contribution < 1.29 is 37.4 Å². The number of nitrogens with zero attached hydrogens (tertiary/aromatic N) is 1. The molecule has 0 radical (unpaired) electrons. The number of benzene rings is 1. The van der Waals surface area contributed by atoms with Crippen LogP contribution < -0.4 is 0 Å². The van der Waals surface area contributed by atoms with E-state index in [0.717, 1.165) is 11.0 Å². The van der Waals surface area contributed by atoms with Crippen LogP contribution in [0.1, 0.15) is 37.3 Å². The molecule has 0 spiro atoms. The molecular weight excluding hydrogens is 379 g/mol. The number of amides is 1. The number of carbonyl (C=O) groups excluding carboxylic acids is 2. The summed E-state index contributed by atoms with van der Waals surface area (Å²) >= 11 is 0. The average molecular weight is 401 g/mol. The summed E-state index contributed by atoms with van der Waals surface area (Å²) in [5.41, 5.74) is -0.843. The lowest BCUT2D eigenvalue weighted by molar-refractivity contribution is -0.147. The molecule has 1 aliphatic rings. The Morgan fingerprint density at radius 1 is 1.25 bits per heavy atom. The van der Waals surface area contributed by atoms with Crippen molar-refractivity contribution in [3.63, 3.8) is 0 Å². The van der Waals surface area contributed by atoms with Crippen LogP contribution in [-0.2, 0) is 26.9 Å². The first-order valence-corrected chi connectivity index (χ1v) is 8.96. The Balaban J connectivity index is 2.19. The molecule has 1 N–H and O–H groups in total. The fourth-order valence-corrected chi connectivity index (χ4v) is 3.52. The number of esters is 1. The van der Waals surface area contributed by atoms with Crippen molar-refractivity contribution in [1.29, 1.82) is 0 Å². The van der Waals surface area contributed by atoms with E-state index in [4.69, 9.17) is 4.74 Å². The molecule has 2 unspecified atom stereocenters. The van der Waals surface area contributed by atoms with E-state index < -0.39 is 42.2 Å². The maximum absolute atomic E-state index is 13.2. The molecule has 0 aromatic heterocycles. The molecular formula is C19H22F3NO5. The van der Waals surface area contributed by atoms with E-state index in [1.807, 2.05) is 0 Å². The van der Waals surface area contributed by atoms with Gasteiger partial charge in [0.2, 0.25) is 0 Å². The first-order valence-electron chi connectivity index (χ1n) is 8.96. The van der Waals surface area contributed by atoms with Gasteiger partial charge in [-0.25, -0.2) is 4.79 Å². The molecule has 1 aromatic carbocycles.